The lowest BCUT2D eigenvalue weighted by molar-refractivity contribution is -0.276. The van der Waals surface area contributed by atoms with Crippen LogP contribution < -0.4 is 4.74 Å². The van der Waals surface area contributed by atoms with Crippen LogP contribution in [0, 0.1) is 5.82 Å². The fourth-order valence-corrected chi connectivity index (χ4v) is 1.85. The van der Waals surface area contributed by atoms with Crippen molar-refractivity contribution in [2.75, 3.05) is 0 Å². The lowest BCUT2D eigenvalue weighted by Crippen LogP contribution is -2.23. The van der Waals surface area contributed by atoms with Crippen LogP contribution in [0.25, 0.3) is 0 Å². The summed E-state index contributed by atoms with van der Waals surface area (Å²) in [5, 5.41) is 9.71. The van der Waals surface area contributed by atoms with Gasteiger partial charge < -0.3 is 9.84 Å². The molecule has 0 fully saturated rings. The largest absolute Gasteiger partial charge is 0.573 e. The Labute approximate surface area is 129 Å². The Kier molecular flexibility index (Phi) is 6.72. The number of hydrogen-bond donors (Lipinski definition) is 1. The van der Waals surface area contributed by atoms with Gasteiger partial charge in [-0.2, -0.15) is 4.39 Å². The zero-order chi connectivity index (χ0) is 17.9. The van der Waals surface area contributed by atoms with Crippen LogP contribution in [-0.4, -0.2) is 11.5 Å². The molecule has 1 aromatic carbocycles. The molecule has 0 aliphatic heterocycles. The summed E-state index contributed by atoms with van der Waals surface area (Å²) in [4.78, 5) is 0. The molecule has 0 unspecified atom stereocenters. The first-order valence-corrected chi connectivity index (χ1v) is 7.16. The van der Waals surface area contributed by atoms with Crippen LogP contribution in [0.15, 0.2) is 6.07 Å². The van der Waals surface area contributed by atoms with Crippen molar-refractivity contribution in [2.24, 2.45) is 0 Å². The van der Waals surface area contributed by atoms with Crippen LogP contribution in [0.2, 0.25) is 0 Å². The second-order valence-electron chi connectivity index (χ2n) is 5.96. The average molecular weight is 324 g/mol. The van der Waals surface area contributed by atoms with E-state index in [4.69, 9.17) is 0 Å². The van der Waals surface area contributed by atoms with E-state index in [0.717, 1.165) is 0 Å². The maximum absolute atomic E-state index is 14.1. The van der Waals surface area contributed by atoms with Crippen LogP contribution in [-0.2, 0) is 5.41 Å². The van der Waals surface area contributed by atoms with E-state index in [0.29, 0.717) is 0 Å². The van der Waals surface area contributed by atoms with Gasteiger partial charge in [-0.1, -0.05) is 48.5 Å². The number of hydrogen-bond acceptors (Lipinski definition) is 2. The fraction of sp³-hybridized carbons (Fsp3) is 0.625. The molecule has 0 amide bonds. The SMILES string of the molecule is CC.CC(C)c1cc(C(C)(C)C)c(OC(F)(F)F)c(F)c1O. The Hall–Kier alpha value is -1.46. The normalized spacial score (nSPS) is 12.0. The minimum absolute atomic E-state index is 0.0637. The Morgan fingerprint density at radius 3 is 1.86 bits per heavy atom. The summed E-state index contributed by atoms with van der Waals surface area (Å²) in [6, 6.07) is 1.37. The van der Waals surface area contributed by atoms with Crippen molar-refractivity contribution in [3.8, 4) is 11.5 Å². The van der Waals surface area contributed by atoms with Crippen LogP contribution >= 0.6 is 0 Å². The van der Waals surface area contributed by atoms with E-state index in [9.17, 15) is 22.7 Å². The Balaban J connectivity index is 0.00000211. The first-order valence-electron chi connectivity index (χ1n) is 7.16. The molecule has 6 heteroatoms. The molecule has 0 aliphatic carbocycles. The number of phenols is 1. The molecule has 0 spiro atoms. The molecule has 0 atom stereocenters. The van der Waals surface area contributed by atoms with Gasteiger partial charge in [-0.3, -0.25) is 0 Å². The van der Waals surface area contributed by atoms with Gasteiger partial charge in [0.05, 0.1) is 0 Å². The molecule has 2 nitrogen and oxygen atoms in total. The van der Waals surface area contributed by atoms with E-state index in [1.54, 1.807) is 34.6 Å². The molecular weight excluding hydrogens is 300 g/mol. The molecule has 22 heavy (non-hydrogen) atoms. The molecule has 0 aromatic heterocycles. The highest BCUT2D eigenvalue weighted by Gasteiger charge is 2.37. The van der Waals surface area contributed by atoms with Crippen molar-refractivity contribution in [3.05, 3.63) is 23.0 Å². The van der Waals surface area contributed by atoms with Gasteiger partial charge in [-0.05, 0) is 17.4 Å². The molecule has 1 aromatic rings. The second kappa shape index (κ2) is 7.20. The third-order valence-electron chi connectivity index (χ3n) is 2.87. The quantitative estimate of drug-likeness (QED) is 0.689. The Bertz CT molecular complexity index is 500. The van der Waals surface area contributed by atoms with Gasteiger partial charge in [0, 0.05) is 11.1 Å². The van der Waals surface area contributed by atoms with Gasteiger partial charge >= 0.3 is 6.36 Å². The Morgan fingerprint density at radius 2 is 1.55 bits per heavy atom. The summed E-state index contributed by atoms with van der Waals surface area (Å²) in [6.07, 6.45) is -5.02. The van der Waals surface area contributed by atoms with Crippen molar-refractivity contribution in [2.45, 2.75) is 66.2 Å². The van der Waals surface area contributed by atoms with Crippen molar-refractivity contribution in [3.63, 3.8) is 0 Å². The molecule has 1 rings (SSSR count). The topological polar surface area (TPSA) is 29.5 Å². The predicted octanol–water partition coefficient (Wildman–Crippen LogP) is 5.88. The highest BCUT2D eigenvalue weighted by Crippen LogP contribution is 2.43. The van der Waals surface area contributed by atoms with Gasteiger partial charge in [0.15, 0.2) is 11.5 Å². The van der Waals surface area contributed by atoms with Gasteiger partial charge in [-0.15, -0.1) is 13.2 Å². The smallest absolute Gasteiger partial charge is 0.505 e. The molecule has 128 valence electrons. The lowest BCUT2D eigenvalue weighted by Gasteiger charge is -2.26. The highest BCUT2D eigenvalue weighted by molar-refractivity contribution is 5.51. The first kappa shape index (κ1) is 20.5. The third-order valence-corrected chi connectivity index (χ3v) is 2.87. The highest BCUT2D eigenvalue weighted by atomic mass is 19.4. The summed E-state index contributed by atoms with van der Waals surface area (Å²) >= 11 is 0. The molecule has 0 radical (unpaired) electrons. The second-order valence-corrected chi connectivity index (χ2v) is 5.96. The van der Waals surface area contributed by atoms with Gasteiger partial charge in [0.1, 0.15) is 0 Å². The maximum Gasteiger partial charge on any atom is 0.573 e. The molecule has 0 bridgehead atoms. The minimum atomic E-state index is -5.02. The number of alkyl halides is 3. The summed E-state index contributed by atoms with van der Waals surface area (Å²) in [7, 11) is 0. The zero-order valence-corrected chi connectivity index (χ0v) is 14.0. The monoisotopic (exact) mass is 324 g/mol. The summed E-state index contributed by atoms with van der Waals surface area (Å²) in [5.74, 6) is -3.37. The third kappa shape index (κ3) is 5.07. The van der Waals surface area contributed by atoms with Crippen molar-refractivity contribution >= 4 is 0 Å². The van der Waals surface area contributed by atoms with E-state index in [1.807, 2.05) is 13.8 Å². The number of rotatable bonds is 2. The summed E-state index contributed by atoms with van der Waals surface area (Å²) < 4.78 is 55.1. The maximum atomic E-state index is 14.1. The number of aromatic hydroxyl groups is 1. The van der Waals surface area contributed by atoms with E-state index in [1.165, 1.54) is 6.07 Å². The number of phenolic OH excluding ortho intramolecular Hbond substituents is 1. The number of ether oxygens (including phenoxy) is 1. The van der Waals surface area contributed by atoms with Crippen LogP contribution in [0.4, 0.5) is 17.6 Å². The van der Waals surface area contributed by atoms with Crippen LogP contribution in [0.1, 0.15) is 65.5 Å². The fourth-order valence-electron chi connectivity index (χ4n) is 1.85. The van der Waals surface area contributed by atoms with E-state index < -0.39 is 29.1 Å². The Morgan fingerprint density at radius 1 is 1.09 bits per heavy atom. The van der Waals surface area contributed by atoms with Crippen LogP contribution in [0.5, 0.6) is 11.5 Å². The van der Waals surface area contributed by atoms with Crippen molar-refractivity contribution in [1.29, 1.82) is 0 Å². The van der Waals surface area contributed by atoms with E-state index in [2.05, 4.69) is 4.74 Å². The molecule has 0 saturated carbocycles. The molecule has 0 aliphatic rings. The molecular formula is C16H24F4O2. The van der Waals surface area contributed by atoms with Gasteiger partial charge in [0.25, 0.3) is 0 Å². The standard InChI is InChI=1S/C14H18F4O2.C2H6/c1-7(2)8-6-9(13(3,4)5)12(10(15)11(8)19)20-14(16,17)18;1-2/h6-7,19H,1-5H3;1-2H3. The van der Waals surface area contributed by atoms with Gasteiger partial charge in [0.2, 0.25) is 5.82 Å². The summed E-state index contributed by atoms with van der Waals surface area (Å²) in [5.41, 5.74) is -0.450. The number of halogens is 4. The van der Waals surface area contributed by atoms with E-state index in [-0.39, 0.29) is 17.0 Å². The van der Waals surface area contributed by atoms with Crippen LogP contribution in [0.3, 0.4) is 0 Å². The molecule has 0 saturated heterocycles. The first-order chi connectivity index (χ1) is 9.84. The minimum Gasteiger partial charge on any atom is -0.505 e. The molecule has 1 N–H and O–H groups in total. The van der Waals surface area contributed by atoms with Crippen molar-refractivity contribution in [1.82, 2.24) is 0 Å². The summed E-state index contributed by atoms with van der Waals surface area (Å²) in [6.45, 7) is 12.4. The molecule has 0 heterocycles. The zero-order valence-electron chi connectivity index (χ0n) is 14.0. The van der Waals surface area contributed by atoms with E-state index >= 15 is 0 Å². The average Bonchev–Trinajstić information content (AvgIpc) is 2.34. The van der Waals surface area contributed by atoms with Gasteiger partial charge in [-0.25, -0.2) is 0 Å². The predicted molar refractivity (Wildman–Crippen MR) is 78.9 cm³/mol. The lowest BCUT2D eigenvalue weighted by atomic mass is 9.83. The van der Waals surface area contributed by atoms with Crippen molar-refractivity contribution < 1.29 is 27.4 Å². The number of benzene rings is 1.